The smallest absolute Gasteiger partial charge is 0.338 e. The Bertz CT molecular complexity index is 1050. The lowest BCUT2D eigenvalue weighted by molar-refractivity contribution is -0.135. The monoisotopic (exact) mass is 442 g/mol. The van der Waals surface area contributed by atoms with Gasteiger partial charge in [-0.05, 0) is 47.9 Å². The second-order valence-corrected chi connectivity index (χ2v) is 8.18. The quantitative estimate of drug-likeness (QED) is 0.711. The van der Waals surface area contributed by atoms with E-state index in [1.165, 1.54) is 11.8 Å². The highest BCUT2D eigenvalue weighted by Gasteiger charge is 2.24. The number of anilines is 1. The number of carbonyl (C=O) groups excluding carboxylic acids is 3. The predicted octanol–water partition coefficient (Wildman–Crippen LogP) is 2.49. The molecule has 2 aromatic rings. The van der Waals surface area contributed by atoms with Crippen LogP contribution in [0.3, 0.4) is 0 Å². The number of benzene rings is 2. The van der Waals surface area contributed by atoms with Crippen LogP contribution in [0.15, 0.2) is 35.2 Å². The van der Waals surface area contributed by atoms with Crippen molar-refractivity contribution in [3.8, 4) is 11.5 Å². The third-order valence-corrected chi connectivity index (χ3v) is 6.32. The number of amides is 2. The van der Waals surface area contributed by atoms with Gasteiger partial charge in [-0.3, -0.25) is 9.59 Å². The Balaban J connectivity index is 1.38. The van der Waals surface area contributed by atoms with Crippen molar-refractivity contribution in [1.29, 1.82) is 0 Å². The van der Waals surface area contributed by atoms with Crippen molar-refractivity contribution in [2.45, 2.75) is 17.9 Å². The lowest BCUT2D eigenvalue weighted by Gasteiger charge is -2.29. The van der Waals surface area contributed by atoms with Crippen molar-refractivity contribution in [2.24, 2.45) is 0 Å². The Hall–Kier alpha value is -3.20. The Morgan fingerprint density at radius 3 is 2.58 bits per heavy atom. The number of nitrogens with one attached hydrogen (secondary N) is 1. The van der Waals surface area contributed by atoms with E-state index < -0.39 is 5.97 Å². The van der Waals surface area contributed by atoms with Crippen molar-refractivity contribution in [1.82, 2.24) is 4.90 Å². The first-order valence-corrected chi connectivity index (χ1v) is 10.7. The van der Waals surface area contributed by atoms with Crippen molar-refractivity contribution in [3.05, 3.63) is 47.0 Å². The van der Waals surface area contributed by atoms with Crippen LogP contribution >= 0.6 is 11.8 Å². The third-order valence-electron chi connectivity index (χ3n) is 5.25. The summed E-state index contributed by atoms with van der Waals surface area (Å²) in [6.45, 7) is 0.592. The highest BCUT2D eigenvalue weighted by molar-refractivity contribution is 8.00. The molecule has 2 aliphatic heterocycles. The zero-order valence-electron chi connectivity index (χ0n) is 17.2. The summed E-state index contributed by atoms with van der Waals surface area (Å²) >= 11 is 1.41. The minimum atomic E-state index is -0.607. The molecule has 162 valence electrons. The maximum absolute atomic E-state index is 12.6. The second-order valence-electron chi connectivity index (χ2n) is 7.17. The fourth-order valence-corrected chi connectivity index (χ4v) is 4.40. The highest BCUT2D eigenvalue weighted by Crippen LogP contribution is 2.34. The molecule has 0 aliphatic carbocycles. The van der Waals surface area contributed by atoms with Gasteiger partial charge in [0, 0.05) is 18.0 Å². The summed E-state index contributed by atoms with van der Waals surface area (Å²) in [7, 11) is 3.16. The first-order valence-electron chi connectivity index (χ1n) is 9.74. The van der Waals surface area contributed by atoms with Gasteiger partial charge in [-0.25, -0.2) is 4.79 Å². The average Bonchev–Trinajstić information content (AvgIpc) is 2.80. The fourth-order valence-electron chi connectivity index (χ4n) is 3.61. The van der Waals surface area contributed by atoms with Crippen LogP contribution in [0.25, 0.3) is 0 Å². The van der Waals surface area contributed by atoms with Crippen molar-refractivity contribution in [2.75, 3.05) is 38.4 Å². The number of methoxy groups -OCH3 is 2. The number of nitrogens with zero attached hydrogens (tertiary/aromatic N) is 1. The van der Waals surface area contributed by atoms with Crippen LogP contribution in [0.2, 0.25) is 0 Å². The molecule has 2 aromatic carbocycles. The number of thioether (sulfide) groups is 1. The van der Waals surface area contributed by atoms with Gasteiger partial charge in [-0.1, -0.05) is 0 Å². The molecule has 0 spiro atoms. The van der Waals surface area contributed by atoms with Gasteiger partial charge in [0.05, 0.1) is 31.2 Å². The van der Waals surface area contributed by atoms with E-state index in [1.807, 2.05) is 12.1 Å². The largest absolute Gasteiger partial charge is 0.493 e. The zero-order valence-corrected chi connectivity index (χ0v) is 18.0. The molecule has 8 nitrogen and oxygen atoms in total. The summed E-state index contributed by atoms with van der Waals surface area (Å²) in [6, 6.07) is 8.78. The fraction of sp³-hybridized carbons (Fsp3) is 0.318. The van der Waals surface area contributed by atoms with Crippen molar-refractivity contribution >= 4 is 35.2 Å². The van der Waals surface area contributed by atoms with E-state index in [2.05, 4.69) is 5.32 Å². The topological polar surface area (TPSA) is 94.2 Å². The maximum atomic E-state index is 12.6. The number of carbonyl (C=O) groups is 3. The molecular weight excluding hydrogens is 420 g/mol. The number of rotatable bonds is 5. The number of esters is 1. The average molecular weight is 442 g/mol. The van der Waals surface area contributed by atoms with Gasteiger partial charge < -0.3 is 24.4 Å². The zero-order chi connectivity index (χ0) is 22.0. The Morgan fingerprint density at radius 2 is 1.84 bits per heavy atom. The summed E-state index contributed by atoms with van der Waals surface area (Å²) in [5.41, 5.74) is 2.95. The molecule has 0 saturated heterocycles. The number of fused-ring (bicyclic) bond motifs is 2. The van der Waals surface area contributed by atoms with Gasteiger partial charge in [0.25, 0.3) is 5.91 Å². The van der Waals surface area contributed by atoms with Crippen LogP contribution < -0.4 is 14.8 Å². The van der Waals surface area contributed by atoms with E-state index in [4.69, 9.17) is 14.2 Å². The molecule has 0 fully saturated rings. The Labute approximate surface area is 183 Å². The standard InChI is InChI=1S/C22H22N2O6S/c1-28-17-8-13-5-6-24(10-15(13)9-18(17)29-2)21(26)11-30-22(27)14-3-4-19-16(7-14)23-20(25)12-31-19/h3-4,7-9H,5-6,10-12H2,1-2H3,(H,23,25). The van der Waals surface area contributed by atoms with E-state index in [0.29, 0.717) is 42.4 Å². The van der Waals surface area contributed by atoms with Gasteiger partial charge in [0.1, 0.15) is 0 Å². The summed E-state index contributed by atoms with van der Waals surface area (Å²) in [5.74, 6) is 0.635. The molecule has 0 unspecified atom stereocenters. The van der Waals surface area contributed by atoms with Crippen molar-refractivity contribution in [3.63, 3.8) is 0 Å². The second kappa shape index (κ2) is 8.89. The van der Waals surface area contributed by atoms with Crippen LogP contribution in [0.5, 0.6) is 11.5 Å². The molecule has 9 heteroatoms. The van der Waals surface area contributed by atoms with Crippen LogP contribution in [0, 0.1) is 0 Å². The van der Waals surface area contributed by atoms with E-state index in [1.54, 1.807) is 37.3 Å². The summed E-state index contributed by atoms with van der Waals surface area (Å²) in [4.78, 5) is 39.1. The first-order chi connectivity index (χ1) is 15.0. The maximum Gasteiger partial charge on any atom is 0.338 e. The Kier molecular flexibility index (Phi) is 6.03. The molecule has 0 bridgehead atoms. The first kappa shape index (κ1) is 21.0. The van der Waals surface area contributed by atoms with Crippen LogP contribution in [-0.2, 0) is 27.3 Å². The SMILES string of the molecule is COc1cc2c(cc1OC)CN(C(=O)COC(=O)c1ccc3c(c1)NC(=O)CS3)CC2. The molecule has 2 aliphatic rings. The van der Waals surface area contributed by atoms with Crippen LogP contribution in [0.4, 0.5) is 5.69 Å². The third kappa shape index (κ3) is 4.46. The molecule has 31 heavy (non-hydrogen) atoms. The van der Waals surface area contributed by atoms with Gasteiger partial charge >= 0.3 is 5.97 Å². The summed E-state index contributed by atoms with van der Waals surface area (Å²) < 4.78 is 15.9. The molecule has 2 heterocycles. The minimum Gasteiger partial charge on any atom is -0.493 e. The highest BCUT2D eigenvalue weighted by atomic mass is 32.2. The molecule has 0 saturated carbocycles. The van der Waals surface area contributed by atoms with E-state index >= 15 is 0 Å². The van der Waals surface area contributed by atoms with Crippen molar-refractivity contribution < 1.29 is 28.6 Å². The van der Waals surface area contributed by atoms with Gasteiger partial charge in [-0.2, -0.15) is 0 Å². The van der Waals surface area contributed by atoms with E-state index in [-0.39, 0.29) is 24.0 Å². The summed E-state index contributed by atoms with van der Waals surface area (Å²) in [5, 5.41) is 2.74. The van der Waals surface area contributed by atoms with E-state index in [9.17, 15) is 14.4 Å². The number of ether oxygens (including phenoxy) is 3. The number of hydrogen-bond acceptors (Lipinski definition) is 7. The van der Waals surface area contributed by atoms with Crippen LogP contribution in [0.1, 0.15) is 21.5 Å². The van der Waals surface area contributed by atoms with Gasteiger partial charge in [0.2, 0.25) is 5.91 Å². The normalized spacial score (nSPS) is 14.8. The Morgan fingerprint density at radius 1 is 1.10 bits per heavy atom. The molecule has 2 amide bonds. The molecule has 1 N–H and O–H groups in total. The lowest BCUT2D eigenvalue weighted by Crippen LogP contribution is -2.38. The molecule has 0 radical (unpaired) electrons. The molecule has 4 rings (SSSR count). The molecule has 0 atom stereocenters. The lowest BCUT2D eigenvalue weighted by atomic mass is 9.99. The van der Waals surface area contributed by atoms with Gasteiger partial charge in [-0.15, -0.1) is 11.8 Å². The van der Waals surface area contributed by atoms with Crippen LogP contribution in [-0.4, -0.2) is 55.8 Å². The summed E-state index contributed by atoms with van der Waals surface area (Å²) in [6.07, 6.45) is 0.678. The predicted molar refractivity (Wildman–Crippen MR) is 115 cm³/mol. The number of hydrogen-bond donors (Lipinski definition) is 1. The van der Waals surface area contributed by atoms with E-state index in [0.717, 1.165) is 16.0 Å². The molecular formula is C22H22N2O6S. The molecule has 0 aromatic heterocycles. The van der Waals surface area contributed by atoms with Gasteiger partial charge in [0.15, 0.2) is 18.1 Å². The minimum absolute atomic E-state index is 0.113.